The quantitative estimate of drug-likeness (QED) is 0.172. The highest BCUT2D eigenvalue weighted by molar-refractivity contribution is 7.91. The molecule has 0 spiro atoms. The Kier molecular flexibility index (Phi) is 9.74. The predicted molar refractivity (Wildman–Crippen MR) is 213 cm³/mol. The normalized spacial score (nSPS) is 29.9. The molecule has 3 saturated carbocycles. The summed E-state index contributed by atoms with van der Waals surface area (Å²) in [5.41, 5.74) is 4.17. The molecule has 7 atom stereocenters. The highest BCUT2D eigenvalue weighted by Crippen LogP contribution is 2.48. The van der Waals surface area contributed by atoms with E-state index in [1.54, 1.807) is 0 Å². The SMILES string of the molecule is O=C(N[C@H]1CCCCC/C=C\C2CC2(C(=O)NS(=O)(=O)C2CC2)NC(=O)[C@@H]2C[C@@H](ON=C3c4ccccc4-c4ccccc43)CN2C1=O)C1CC1c1ccccc1. The molecule has 9 rings (SSSR count). The van der Waals surface area contributed by atoms with Crippen LogP contribution in [-0.4, -0.2) is 78.2 Å². The Bertz CT molecular complexity index is 2230. The maximum Gasteiger partial charge on any atom is 0.259 e. The van der Waals surface area contributed by atoms with Crippen LogP contribution in [0.3, 0.4) is 0 Å². The first-order valence-electron chi connectivity index (χ1n) is 20.3. The van der Waals surface area contributed by atoms with Gasteiger partial charge in [-0.2, -0.15) is 0 Å². The first-order chi connectivity index (χ1) is 27.6. The average Bonchev–Trinajstić information content (AvgIpc) is 4.15. The fourth-order valence-corrected chi connectivity index (χ4v) is 10.3. The number of rotatable bonds is 8. The third kappa shape index (κ3) is 7.37. The fourth-order valence-electron chi connectivity index (χ4n) is 8.89. The molecule has 1 saturated heterocycles. The number of carbonyl (C=O) groups is 4. The van der Waals surface area contributed by atoms with Crippen LogP contribution in [0.2, 0.25) is 0 Å². The Hall–Kier alpha value is -5.30. The highest BCUT2D eigenvalue weighted by Gasteiger charge is 2.62. The average molecular weight is 790 g/mol. The topological polar surface area (TPSA) is 163 Å². The number of nitrogens with one attached hydrogen (secondary N) is 3. The maximum absolute atomic E-state index is 14.7. The molecule has 0 bridgehead atoms. The fraction of sp³-hybridized carbons (Fsp3) is 0.432. The zero-order valence-corrected chi connectivity index (χ0v) is 32.5. The van der Waals surface area contributed by atoms with Crippen LogP contribution in [0.4, 0.5) is 0 Å². The van der Waals surface area contributed by atoms with Crippen LogP contribution >= 0.6 is 0 Å². The molecule has 3 aromatic rings. The van der Waals surface area contributed by atoms with Crippen molar-refractivity contribution in [1.82, 2.24) is 20.3 Å². The summed E-state index contributed by atoms with van der Waals surface area (Å²) in [6.07, 6.45) is 8.60. The summed E-state index contributed by atoms with van der Waals surface area (Å²) in [6.45, 7) is 0.0258. The van der Waals surface area contributed by atoms with E-state index < -0.39 is 62.6 Å². The number of amides is 4. The lowest BCUT2D eigenvalue weighted by Crippen LogP contribution is -2.58. The molecule has 2 heterocycles. The zero-order valence-electron chi connectivity index (χ0n) is 31.6. The van der Waals surface area contributed by atoms with Gasteiger partial charge in [0.15, 0.2) is 0 Å². The number of allylic oxidation sites excluding steroid dienone is 1. The lowest BCUT2D eigenvalue weighted by molar-refractivity contribution is -0.142. The molecule has 6 aliphatic rings. The summed E-state index contributed by atoms with van der Waals surface area (Å²) in [5.74, 6) is -2.50. The Morgan fingerprint density at radius 2 is 1.53 bits per heavy atom. The van der Waals surface area contributed by atoms with Gasteiger partial charge in [0, 0.05) is 29.4 Å². The van der Waals surface area contributed by atoms with E-state index in [4.69, 9.17) is 4.84 Å². The summed E-state index contributed by atoms with van der Waals surface area (Å²) in [7, 11) is -3.88. The lowest BCUT2D eigenvalue weighted by atomic mass is 10.0. The highest BCUT2D eigenvalue weighted by atomic mass is 32.2. The monoisotopic (exact) mass is 789 g/mol. The van der Waals surface area contributed by atoms with Crippen LogP contribution < -0.4 is 15.4 Å². The van der Waals surface area contributed by atoms with Crippen LogP contribution in [0.1, 0.15) is 86.8 Å². The summed E-state index contributed by atoms with van der Waals surface area (Å²) in [5, 5.41) is 10.0. The molecule has 0 aromatic heterocycles. The van der Waals surface area contributed by atoms with Crippen molar-refractivity contribution in [2.45, 2.75) is 99.1 Å². The number of fused-ring (bicyclic) bond motifs is 5. The minimum Gasteiger partial charge on any atom is -0.390 e. The maximum atomic E-state index is 14.7. The van der Waals surface area contributed by atoms with Gasteiger partial charge in [0.25, 0.3) is 5.91 Å². The van der Waals surface area contributed by atoms with Gasteiger partial charge in [-0.05, 0) is 67.6 Å². The number of oxime groups is 1. The summed E-state index contributed by atoms with van der Waals surface area (Å²) >= 11 is 0. The van der Waals surface area contributed by atoms with Crippen molar-refractivity contribution in [2.24, 2.45) is 17.0 Å². The molecule has 4 aliphatic carbocycles. The van der Waals surface area contributed by atoms with Gasteiger partial charge in [-0.25, -0.2) is 8.42 Å². The summed E-state index contributed by atoms with van der Waals surface area (Å²) < 4.78 is 28.0. The summed E-state index contributed by atoms with van der Waals surface area (Å²) in [6, 6.07) is 23.8. The second-order valence-corrected chi connectivity index (χ2v) is 18.4. The molecule has 13 heteroatoms. The molecule has 2 aliphatic heterocycles. The Morgan fingerprint density at radius 1 is 0.842 bits per heavy atom. The van der Waals surface area contributed by atoms with Gasteiger partial charge < -0.3 is 20.4 Å². The molecule has 4 fully saturated rings. The number of hydrogen-bond donors (Lipinski definition) is 3. The molecule has 57 heavy (non-hydrogen) atoms. The van der Waals surface area contributed by atoms with Gasteiger partial charge in [0.05, 0.1) is 11.8 Å². The minimum absolute atomic E-state index is 0.0258. The second-order valence-electron chi connectivity index (χ2n) is 16.4. The van der Waals surface area contributed by atoms with Crippen molar-refractivity contribution in [1.29, 1.82) is 0 Å². The van der Waals surface area contributed by atoms with Crippen molar-refractivity contribution in [3.63, 3.8) is 0 Å². The van der Waals surface area contributed by atoms with E-state index >= 15 is 0 Å². The number of hydrogen-bond acceptors (Lipinski definition) is 8. The molecule has 3 aromatic carbocycles. The van der Waals surface area contributed by atoms with Gasteiger partial charge in [0.1, 0.15) is 29.4 Å². The zero-order chi connectivity index (χ0) is 39.3. The van der Waals surface area contributed by atoms with Crippen LogP contribution in [0.25, 0.3) is 11.1 Å². The van der Waals surface area contributed by atoms with Crippen molar-refractivity contribution in [3.05, 3.63) is 108 Å². The summed E-state index contributed by atoms with van der Waals surface area (Å²) in [4.78, 5) is 64.4. The van der Waals surface area contributed by atoms with Crippen LogP contribution in [0.5, 0.6) is 0 Å². The van der Waals surface area contributed by atoms with Crippen molar-refractivity contribution in [3.8, 4) is 11.1 Å². The van der Waals surface area contributed by atoms with E-state index in [0.29, 0.717) is 37.8 Å². The van der Waals surface area contributed by atoms with Crippen molar-refractivity contribution in [2.75, 3.05) is 6.54 Å². The number of benzene rings is 3. The third-order valence-corrected chi connectivity index (χ3v) is 14.3. The van der Waals surface area contributed by atoms with Gasteiger partial charge in [-0.15, -0.1) is 0 Å². The Morgan fingerprint density at radius 3 is 2.23 bits per heavy atom. The molecular weight excluding hydrogens is 743 g/mol. The minimum atomic E-state index is -3.88. The molecule has 3 N–H and O–H groups in total. The van der Waals surface area contributed by atoms with Crippen LogP contribution in [0.15, 0.2) is 96.2 Å². The van der Waals surface area contributed by atoms with Crippen molar-refractivity contribution < 1.29 is 32.4 Å². The predicted octanol–water partition coefficient (Wildman–Crippen LogP) is 4.70. The van der Waals surface area contributed by atoms with Gasteiger partial charge in [-0.3, -0.25) is 23.9 Å². The molecular formula is C44H47N5O7S. The molecule has 4 amide bonds. The standard InChI is InChI=1S/C44H47N5O7S/c50-40(36-24-35(36)27-13-5-4-6-14-27)45-37-20-8-3-1-2-7-15-28-25-44(28,43(53)48-57(54,55)30-21-22-30)46-41(51)38-23-29(26-49(38)42(37)52)56-47-39-33-18-11-9-16-31(33)32-17-10-12-19-34(32)39/h4-7,9-19,28-30,35-38H,1-3,8,20-26H2,(H,45,50)(H,46,51)(H,48,53)/b15-7-/t28?,29-,35?,36?,37+,38+,44?/m1/s1. The van der Waals surface area contributed by atoms with Crippen LogP contribution in [0, 0.1) is 11.8 Å². The number of sulfonamides is 1. The van der Waals surface area contributed by atoms with Gasteiger partial charge in [-0.1, -0.05) is 109 Å². The number of carbonyl (C=O) groups excluding carboxylic acids is 4. The molecule has 296 valence electrons. The van der Waals surface area contributed by atoms with Crippen LogP contribution in [-0.2, 0) is 34.0 Å². The van der Waals surface area contributed by atoms with E-state index in [2.05, 4.69) is 20.5 Å². The first-order valence-corrected chi connectivity index (χ1v) is 21.8. The van der Waals surface area contributed by atoms with E-state index in [-0.39, 0.29) is 37.1 Å². The largest absolute Gasteiger partial charge is 0.390 e. The van der Waals surface area contributed by atoms with Gasteiger partial charge in [0.2, 0.25) is 27.7 Å². The molecule has 4 unspecified atom stereocenters. The van der Waals surface area contributed by atoms with E-state index in [0.717, 1.165) is 47.1 Å². The Balaban J connectivity index is 0.999. The van der Waals surface area contributed by atoms with E-state index in [1.165, 1.54) is 4.90 Å². The van der Waals surface area contributed by atoms with E-state index in [1.807, 2.05) is 91.0 Å². The second kappa shape index (κ2) is 14.9. The third-order valence-electron chi connectivity index (χ3n) is 12.5. The van der Waals surface area contributed by atoms with Crippen molar-refractivity contribution >= 4 is 39.4 Å². The molecule has 12 nitrogen and oxygen atoms in total. The molecule has 0 radical (unpaired) electrons. The Labute approximate surface area is 332 Å². The smallest absolute Gasteiger partial charge is 0.259 e. The van der Waals surface area contributed by atoms with E-state index in [9.17, 15) is 27.6 Å². The van der Waals surface area contributed by atoms with Gasteiger partial charge >= 0.3 is 0 Å². The number of nitrogens with zero attached hydrogens (tertiary/aromatic N) is 2. The lowest BCUT2D eigenvalue weighted by Gasteiger charge is -2.30. The first kappa shape index (κ1) is 37.3.